The van der Waals surface area contributed by atoms with Gasteiger partial charge in [-0.3, -0.25) is 9.79 Å². The Morgan fingerprint density at radius 1 is 1.22 bits per heavy atom. The Labute approximate surface area is 107 Å². The van der Waals surface area contributed by atoms with Gasteiger partial charge in [0.2, 0.25) is 5.91 Å². The molecule has 0 radical (unpaired) electrons. The maximum atomic E-state index is 10.9. The van der Waals surface area contributed by atoms with Crippen LogP contribution in [-0.2, 0) is 4.79 Å². The summed E-state index contributed by atoms with van der Waals surface area (Å²) in [5.41, 5.74) is 7.34. The molecule has 5 nitrogen and oxygen atoms in total. The number of nitrogens with zero attached hydrogens (tertiary/aromatic N) is 1. The summed E-state index contributed by atoms with van der Waals surface area (Å²) in [7, 11) is 0. The zero-order valence-corrected chi connectivity index (χ0v) is 11.0. The monoisotopic (exact) mass is 248 g/mol. The van der Waals surface area contributed by atoms with Crippen molar-refractivity contribution < 1.29 is 4.79 Å². The lowest BCUT2D eigenvalue weighted by molar-refractivity contribution is -0.114. The molecule has 0 atom stereocenters. The number of benzene rings is 1. The zero-order chi connectivity index (χ0) is 13.5. The Morgan fingerprint density at radius 2 is 1.72 bits per heavy atom. The van der Waals surface area contributed by atoms with Crippen molar-refractivity contribution in [2.24, 2.45) is 16.6 Å². The minimum atomic E-state index is -0.0891. The fourth-order valence-corrected chi connectivity index (χ4v) is 1.31. The lowest BCUT2D eigenvalue weighted by atomic mass is 10.2. The van der Waals surface area contributed by atoms with Gasteiger partial charge in [0.15, 0.2) is 5.96 Å². The van der Waals surface area contributed by atoms with E-state index in [1.165, 1.54) is 6.92 Å². The fraction of sp³-hybridized carbons (Fsp3) is 0.385. The summed E-state index contributed by atoms with van der Waals surface area (Å²) < 4.78 is 0. The molecule has 0 aromatic heterocycles. The van der Waals surface area contributed by atoms with Crippen molar-refractivity contribution in [3.05, 3.63) is 24.3 Å². The van der Waals surface area contributed by atoms with Crippen LogP contribution in [0.25, 0.3) is 0 Å². The molecule has 1 aromatic carbocycles. The molecule has 0 fully saturated rings. The van der Waals surface area contributed by atoms with Crippen molar-refractivity contribution in [1.29, 1.82) is 0 Å². The zero-order valence-electron chi connectivity index (χ0n) is 11.0. The summed E-state index contributed by atoms with van der Waals surface area (Å²) in [4.78, 5) is 15.1. The normalized spacial score (nSPS) is 11.4. The van der Waals surface area contributed by atoms with Crippen LogP contribution < -0.4 is 16.4 Å². The van der Waals surface area contributed by atoms with Crippen molar-refractivity contribution in [3.8, 4) is 0 Å². The van der Waals surface area contributed by atoms with Crippen molar-refractivity contribution in [1.82, 2.24) is 0 Å². The molecular formula is C13H20N4O. The van der Waals surface area contributed by atoms with Gasteiger partial charge in [-0.1, -0.05) is 13.8 Å². The summed E-state index contributed by atoms with van der Waals surface area (Å²) >= 11 is 0. The first-order chi connectivity index (χ1) is 8.47. The number of nitrogens with one attached hydrogen (secondary N) is 2. The van der Waals surface area contributed by atoms with E-state index in [2.05, 4.69) is 29.5 Å². The highest BCUT2D eigenvalue weighted by molar-refractivity contribution is 5.93. The van der Waals surface area contributed by atoms with Crippen molar-refractivity contribution in [2.45, 2.75) is 20.8 Å². The molecule has 0 bridgehead atoms. The van der Waals surface area contributed by atoms with Crippen LogP contribution in [0.3, 0.4) is 0 Å². The van der Waals surface area contributed by atoms with Crippen molar-refractivity contribution in [2.75, 3.05) is 17.2 Å². The number of anilines is 2. The third-order valence-corrected chi connectivity index (χ3v) is 2.10. The summed E-state index contributed by atoms with van der Waals surface area (Å²) in [6.07, 6.45) is 0. The highest BCUT2D eigenvalue weighted by Gasteiger charge is 1.98. The number of hydrogen-bond acceptors (Lipinski definition) is 2. The van der Waals surface area contributed by atoms with Crippen LogP contribution in [0, 0.1) is 5.92 Å². The number of carbonyl (C=O) groups excluding carboxylic acids is 1. The predicted molar refractivity (Wildman–Crippen MR) is 75.7 cm³/mol. The van der Waals surface area contributed by atoms with Gasteiger partial charge in [-0.25, -0.2) is 0 Å². The molecule has 0 aliphatic carbocycles. The topological polar surface area (TPSA) is 79.5 Å². The number of aliphatic imine (C=N–C) groups is 1. The molecule has 5 heteroatoms. The second-order valence-electron chi connectivity index (χ2n) is 4.50. The maximum absolute atomic E-state index is 10.9. The molecule has 0 aliphatic heterocycles. The average Bonchev–Trinajstić information content (AvgIpc) is 2.28. The van der Waals surface area contributed by atoms with Crippen LogP contribution in [0.1, 0.15) is 20.8 Å². The highest BCUT2D eigenvalue weighted by atomic mass is 16.1. The molecule has 0 unspecified atom stereocenters. The SMILES string of the molecule is CC(=O)Nc1ccc(NC(N)=NCC(C)C)cc1. The largest absolute Gasteiger partial charge is 0.370 e. The van der Waals surface area contributed by atoms with Gasteiger partial charge in [0.1, 0.15) is 0 Å². The summed E-state index contributed by atoms with van der Waals surface area (Å²) in [6, 6.07) is 7.28. The van der Waals surface area contributed by atoms with E-state index in [4.69, 9.17) is 5.73 Å². The lowest BCUT2D eigenvalue weighted by Crippen LogP contribution is -2.23. The number of hydrogen-bond donors (Lipinski definition) is 3. The van der Waals surface area contributed by atoms with Crippen molar-refractivity contribution in [3.63, 3.8) is 0 Å². The standard InChI is InChI=1S/C13H20N4O/c1-9(2)8-15-13(14)17-12-6-4-11(5-7-12)16-10(3)18/h4-7,9H,8H2,1-3H3,(H,16,18)(H3,14,15,17). The molecular weight excluding hydrogens is 228 g/mol. The first kappa shape index (κ1) is 14.0. The van der Waals surface area contributed by atoms with Gasteiger partial charge in [-0.15, -0.1) is 0 Å². The number of carbonyl (C=O) groups is 1. The third-order valence-electron chi connectivity index (χ3n) is 2.10. The maximum Gasteiger partial charge on any atom is 0.221 e. The predicted octanol–water partition coefficient (Wildman–Crippen LogP) is 2.03. The van der Waals surface area contributed by atoms with Crippen LogP contribution in [-0.4, -0.2) is 18.4 Å². The molecule has 1 aromatic rings. The summed E-state index contributed by atoms with van der Waals surface area (Å²) in [5, 5.41) is 5.69. The summed E-state index contributed by atoms with van der Waals surface area (Å²) in [5.74, 6) is 0.789. The third kappa shape index (κ3) is 5.34. The molecule has 0 heterocycles. The first-order valence-corrected chi connectivity index (χ1v) is 5.92. The minimum absolute atomic E-state index is 0.0891. The molecule has 0 spiro atoms. The number of amides is 1. The van der Waals surface area contributed by atoms with Gasteiger partial charge in [-0.2, -0.15) is 0 Å². The fourth-order valence-electron chi connectivity index (χ4n) is 1.31. The Morgan fingerprint density at radius 3 is 2.17 bits per heavy atom. The molecule has 98 valence electrons. The van der Waals surface area contributed by atoms with Crippen LogP contribution in [0.2, 0.25) is 0 Å². The van der Waals surface area contributed by atoms with Crippen LogP contribution >= 0.6 is 0 Å². The minimum Gasteiger partial charge on any atom is -0.370 e. The van der Waals surface area contributed by atoms with E-state index in [-0.39, 0.29) is 5.91 Å². The number of guanidine groups is 1. The highest BCUT2D eigenvalue weighted by Crippen LogP contribution is 2.13. The molecule has 1 amide bonds. The molecule has 0 aliphatic rings. The van der Waals surface area contributed by atoms with Gasteiger partial charge < -0.3 is 16.4 Å². The Kier molecular flexibility index (Phi) is 5.17. The molecule has 0 saturated carbocycles. The molecule has 1 rings (SSSR count). The average molecular weight is 248 g/mol. The molecule has 0 saturated heterocycles. The Balaban J connectivity index is 2.58. The Hall–Kier alpha value is -2.04. The van der Waals surface area contributed by atoms with E-state index < -0.39 is 0 Å². The van der Waals surface area contributed by atoms with E-state index in [1.807, 2.05) is 12.1 Å². The van der Waals surface area contributed by atoms with E-state index in [0.29, 0.717) is 18.4 Å². The molecule has 18 heavy (non-hydrogen) atoms. The Bertz CT molecular complexity index is 423. The quantitative estimate of drug-likeness (QED) is 0.563. The second-order valence-corrected chi connectivity index (χ2v) is 4.50. The first-order valence-electron chi connectivity index (χ1n) is 5.92. The van der Waals surface area contributed by atoms with Crippen LogP contribution in [0.15, 0.2) is 29.3 Å². The second kappa shape index (κ2) is 6.64. The smallest absolute Gasteiger partial charge is 0.221 e. The molecule has 4 N–H and O–H groups in total. The number of nitrogens with two attached hydrogens (primary N) is 1. The van der Waals surface area contributed by atoms with Gasteiger partial charge in [-0.05, 0) is 30.2 Å². The van der Waals surface area contributed by atoms with E-state index in [1.54, 1.807) is 12.1 Å². The lowest BCUT2D eigenvalue weighted by Gasteiger charge is -2.08. The van der Waals surface area contributed by atoms with E-state index in [9.17, 15) is 4.79 Å². The van der Waals surface area contributed by atoms with Gasteiger partial charge in [0, 0.05) is 24.8 Å². The van der Waals surface area contributed by atoms with Gasteiger partial charge >= 0.3 is 0 Å². The van der Waals surface area contributed by atoms with Crippen LogP contribution in [0.5, 0.6) is 0 Å². The van der Waals surface area contributed by atoms with Gasteiger partial charge in [0.25, 0.3) is 0 Å². The number of rotatable bonds is 4. The van der Waals surface area contributed by atoms with Crippen molar-refractivity contribution >= 4 is 23.2 Å². The van der Waals surface area contributed by atoms with E-state index >= 15 is 0 Å². The summed E-state index contributed by atoms with van der Waals surface area (Å²) in [6.45, 7) is 6.34. The van der Waals surface area contributed by atoms with E-state index in [0.717, 1.165) is 11.4 Å². The van der Waals surface area contributed by atoms with Crippen LogP contribution in [0.4, 0.5) is 11.4 Å². The van der Waals surface area contributed by atoms with Gasteiger partial charge in [0.05, 0.1) is 0 Å².